The Morgan fingerprint density at radius 1 is 1.33 bits per heavy atom. The maximum absolute atomic E-state index is 10.8. The van der Waals surface area contributed by atoms with Crippen molar-refractivity contribution >= 4 is 17.3 Å². The molecule has 1 amide bonds. The third-order valence-electron chi connectivity index (χ3n) is 1.88. The monoisotopic (exact) mass is 256 g/mol. The van der Waals surface area contributed by atoms with Crippen molar-refractivity contribution in [1.29, 1.82) is 0 Å². The SMILES string of the molecule is NNC(=O)COc1cccc([N+](=O)[O-])c1[N+](=O)[O-]. The Hall–Kier alpha value is -2.75. The molecular weight excluding hydrogens is 248 g/mol. The number of carbonyl (C=O) groups excluding carboxylic acids is 1. The number of para-hydroxylation sites is 1. The van der Waals surface area contributed by atoms with E-state index in [4.69, 9.17) is 10.6 Å². The van der Waals surface area contributed by atoms with Gasteiger partial charge in [0.15, 0.2) is 6.61 Å². The standard InChI is InChI=1S/C8H8N4O6/c9-10-7(13)4-18-6-3-1-2-5(11(14)15)8(6)12(16)17/h1-3H,4,9H2,(H,10,13). The summed E-state index contributed by atoms with van der Waals surface area (Å²) in [6.07, 6.45) is 0. The van der Waals surface area contributed by atoms with Crippen LogP contribution in [0.4, 0.5) is 11.4 Å². The number of ether oxygens (including phenoxy) is 1. The topological polar surface area (TPSA) is 151 Å². The molecule has 10 heteroatoms. The first kappa shape index (κ1) is 13.3. The van der Waals surface area contributed by atoms with Crippen LogP contribution in [0.2, 0.25) is 0 Å². The van der Waals surface area contributed by atoms with Crippen LogP contribution in [0.25, 0.3) is 0 Å². The first-order valence-electron chi connectivity index (χ1n) is 4.51. The number of rotatable bonds is 5. The van der Waals surface area contributed by atoms with Crippen molar-refractivity contribution in [2.24, 2.45) is 5.84 Å². The first-order valence-corrected chi connectivity index (χ1v) is 4.51. The van der Waals surface area contributed by atoms with Gasteiger partial charge in [0.05, 0.1) is 9.85 Å². The van der Waals surface area contributed by atoms with Crippen LogP contribution in [0.15, 0.2) is 18.2 Å². The lowest BCUT2D eigenvalue weighted by Gasteiger charge is -2.05. The van der Waals surface area contributed by atoms with Crippen LogP contribution in [-0.4, -0.2) is 22.4 Å². The Morgan fingerprint density at radius 3 is 2.50 bits per heavy atom. The number of amides is 1. The highest BCUT2D eigenvalue weighted by atomic mass is 16.6. The minimum absolute atomic E-state index is 0.377. The van der Waals surface area contributed by atoms with E-state index in [9.17, 15) is 25.0 Å². The van der Waals surface area contributed by atoms with Crippen molar-refractivity contribution in [1.82, 2.24) is 5.43 Å². The van der Waals surface area contributed by atoms with Gasteiger partial charge >= 0.3 is 11.4 Å². The number of hydrogen-bond donors (Lipinski definition) is 2. The molecule has 3 N–H and O–H groups in total. The molecule has 96 valence electrons. The quantitative estimate of drug-likeness (QED) is 0.322. The van der Waals surface area contributed by atoms with E-state index in [1.54, 1.807) is 5.43 Å². The van der Waals surface area contributed by atoms with Crippen LogP contribution in [0, 0.1) is 20.2 Å². The Bertz CT molecular complexity index is 502. The van der Waals surface area contributed by atoms with Gasteiger partial charge in [0.2, 0.25) is 5.75 Å². The molecule has 0 aliphatic heterocycles. The zero-order valence-electron chi connectivity index (χ0n) is 8.86. The maximum Gasteiger partial charge on any atom is 0.387 e. The number of nitro groups is 2. The normalized spacial score (nSPS) is 9.61. The number of nitro benzene ring substituents is 2. The summed E-state index contributed by atoms with van der Waals surface area (Å²) in [6, 6.07) is 3.32. The Balaban J connectivity index is 3.11. The van der Waals surface area contributed by atoms with Crippen LogP contribution in [0.1, 0.15) is 0 Å². The van der Waals surface area contributed by atoms with Crippen LogP contribution < -0.4 is 16.0 Å². The second-order valence-electron chi connectivity index (χ2n) is 2.99. The second-order valence-corrected chi connectivity index (χ2v) is 2.99. The van der Waals surface area contributed by atoms with E-state index >= 15 is 0 Å². The van der Waals surface area contributed by atoms with Gasteiger partial charge in [0.25, 0.3) is 5.91 Å². The highest BCUT2D eigenvalue weighted by molar-refractivity contribution is 5.77. The molecule has 1 aromatic carbocycles. The smallest absolute Gasteiger partial charge is 0.387 e. The van der Waals surface area contributed by atoms with Gasteiger partial charge in [-0.15, -0.1) is 0 Å². The molecule has 0 heterocycles. The molecule has 0 saturated heterocycles. The van der Waals surface area contributed by atoms with Gasteiger partial charge in [-0.05, 0) is 6.07 Å². The highest BCUT2D eigenvalue weighted by Gasteiger charge is 2.29. The summed E-state index contributed by atoms with van der Waals surface area (Å²) in [4.78, 5) is 30.3. The van der Waals surface area contributed by atoms with Crippen molar-refractivity contribution in [2.45, 2.75) is 0 Å². The van der Waals surface area contributed by atoms with Crippen molar-refractivity contribution in [3.05, 3.63) is 38.4 Å². The van der Waals surface area contributed by atoms with E-state index in [-0.39, 0.29) is 5.75 Å². The summed E-state index contributed by atoms with van der Waals surface area (Å²) >= 11 is 0. The molecule has 0 fully saturated rings. The summed E-state index contributed by atoms with van der Waals surface area (Å²) in [5.74, 6) is 3.69. The van der Waals surface area contributed by atoms with Crippen LogP contribution in [0.3, 0.4) is 0 Å². The van der Waals surface area contributed by atoms with Crippen LogP contribution >= 0.6 is 0 Å². The number of benzene rings is 1. The van der Waals surface area contributed by atoms with E-state index in [1.165, 1.54) is 6.07 Å². The van der Waals surface area contributed by atoms with E-state index in [0.29, 0.717) is 0 Å². The van der Waals surface area contributed by atoms with Crippen molar-refractivity contribution in [3.63, 3.8) is 0 Å². The van der Waals surface area contributed by atoms with Crippen LogP contribution in [0.5, 0.6) is 5.75 Å². The minimum atomic E-state index is -0.951. The number of carbonyl (C=O) groups is 1. The van der Waals surface area contributed by atoms with Crippen molar-refractivity contribution < 1.29 is 19.4 Å². The Morgan fingerprint density at radius 2 is 2.00 bits per heavy atom. The molecule has 18 heavy (non-hydrogen) atoms. The molecule has 0 aliphatic carbocycles. The van der Waals surface area contributed by atoms with Gasteiger partial charge < -0.3 is 4.74 Å². The summed E-state index contributed by atoms with van der Waals surface area (Å²) < 4.78 is 4.80. The minimum Gasteiger partial charge on any atom is -0.476 e. The molecule has 0 aliphatic rings. The highest BCUT2D eigenvalue weighted by Crippen LogP contribution is 2.35. The largest absolute Gasteiger partial charge is 0.476 e. The third kappa shape index (κ3) is 2.89. The molecule has 0 aromatic heterocycles. The number of hydrogen-bond acceptors (Lipinski definition) is 7. The lowest BCUT2D eigenvalue weighted by atomic mass is 10.2. The number of hydrazine groups is 1. The zero-order chi connectivity index (χ0) is 13.7. The van der Waals surface area contributed by atoms with E-state index in [1.807, 2.05) is 0 Å². The average Bonchev–Trinajstić information content (AvgIpc) is 2.34. The molecular formula is C8H8N4O6. The maximum atomic E-state index is 10.8. The predicted molar refractivity (Wildman–Crippen MR) is 57.6 cm³/mol. The molecule has 1 aromatic rings. The van der Waals surface area contributed by atoms with Gasteiger partial charge in [-0.1, -0.05) is 6.07 Å². The van der Waals surface area contributed by atoms with Crippen molar-refractivity contribution in [3.8, 4) is 5.75 Å². The molecule has 0 atom stereocenters. The molecule has 1 rings (SSSR count). The number of nitrogens with zero attached hydrogens (tertiary/aromatic N) is 2. The van der Waals surface area contributed by atoms with Gasteiger partial charge in [-0.2, -0.15) is 0 Å². The lowest BCUT2D eigenvalue weighted by molar-refractivity contribution is -0.423. The Labute approximate surface area is 99.6 Å². The van der Waals surface area contributed by atoms with Crippen molar-refractivity contribution in [2.75, 3.05) is 6.61 Å². The number of nitrogens with one attached hydrogen (secondary N) is 1. The summed E-state index contributed by atoms with van der Waals surface area (Å²) in [7, 11) is 0. The van der Waals surface area contributed by atoms with Gasteiger partial charge in [-0.25, -0.2) is 5.84 Å². The summed E-state index contributed by atoms with van der Waals surface area (Å²) in [5.41, 5.74) is 0.224. The fraction of sp³-hybridized carbons (Fsp3) is 0.125. The van der Waals surface area contributed by atoms with Gasteiger partial charge in [0, 0.05) is 6.07 Å². The van der Waals surface area contributed by atoms with E-state index in [0.717, 1.165) is 12.1 Å². The Kier molecular flexibility index (Phi) is 4.10. The molecule has 0 radical (unpaired) electrons. The first-order chi connectivity index (χ1) is 8.47. The summed E-state index contributed by atoms with van der Waals surface area (Å²) in [5, 5.41) is 21.4. The average molecular weight is 256 g/mol. The fourth-order valence-corrected chi connectivity index (χ4v) is 1.14. The molecule has 0 spiro atoms. The van der Waals surface area contributed by atoms with E-state index in [2.05, 4.69) is 0 Å². The van der Waals surface area contributed by atoms with E-state index < -0.39 is 33.7 Å². The molecule has 0 bridgehead atoms. The van der Waals surface area contributed by atoms with Crippen LogP contribution in [-0.2, 0) is 4.79 Å². The summed E-state index contributed by atoms with van der Waals surface area (Å²) in [6.45, 7) is -0.585. The zero-order valence-corrected chi connectivity index (χ0v) is 8.86. The third-order valence-corrected chi connectivity index (χ3v) is 1.88. The van der Waals surface area contributed by atoms with Gasteiger partial charge in [-0.3, -0.25) is 30.4 Å². The predicted octanol–water partition coefficient (Wildman–Crippen LogP) is -0.128. The van der Waals surface area contributed by atoms with Gasteiger partial charge in [0.1, 0.15) is 0 Å². The second kappa shape index (κ2) is 5.54. The number of nitrogens with two attached hydrogens (primary N) is 1. The molecule has 10 nitrogen and oxygen atoms in total. The fourth-order valence-electron chi connectivity index (χ4n) is 1.14. The lowest BCUT2D eigenvalue weighted by Crippen LogP contribution is -2.34. The molecule has 0 saturated carbocycles. The molecule has 0 unspecified atom stereocenters.